The van der Waals surface area contributed by atoms with Gasteiger partial charge in [-0.1, -0.05) is 19.1 Å². The summed E-state index contributed by atoms with van der Waals surface area (Å²) in [7, 11) is 0. The summed E-state index contributed by atoms with van der Waals surface area (Å²) in [6, 6.07) is 6.05. The van der Waals surface area contributed by atoms with Crippen LogP contribution in [0.4, 0.5) is 9.18 Å². The highest BCUT2D eigenvalue weighted by molar-refractivity contribution is 5.81. The van der Waals surface area contributed by atoms with Crippen molar-refractivity contribution >= 4 is 11.9 Å². The van der Waals surface area contributed by atoms with Crippen molar-refractivity contribution in [1.82, 2.24) is 15.5 Å². The largest absolute Gasteiger partial charge is 0.353 e. The highest BCUT2D eigenvalue weighted by atomic mass is 19.1. The van der Waals surface area contributed by atoms with Crippen LogP contribution in [-0.2, 0) is 4.79 Å². The number of halogens is 1. The maximum absolute atomic E-state index is 13.3. The lowest BCUT2D eigenvalue weighted by atomic mass is 9.88. The van der Waals surface area contributed by atoms with Gasteiger partial charge in [0.25, 0.3) is 0 Å². The number of urea groups is 1. The standard InChI is InChI=1S/C20H30FN3O2/c1-5-14(4)23-19(25)16-8-11-18(15-6-9-17(21)10-7-15)24(12-16)20(26)22-13(2)3/h6-7,9-10,13-14,16,18H,5,8,11-12H2,1-4H3,(H,22,26)(H,23,25). The molecule has 5 nitrogen and oxygen atoms in total. The molecule has 1 aromatic rings. The van der Waals surface area contributed by atoms with Gasteiger partial charge in [0, 0.05) is 18.6 Å². The zero-order valence-corrected chi connectivity index (χ0v) is 16.1. The van der Waals surface area contributed by atoms with E-state index in [2.05, 4.69) is 10.6 Å². The first kappa shape index (κ1) is 20.2. The summed E-state index contributed by atoms with van der Waals surface area (Å²) >= 11 is 0. The molecule has 0 aromatic heterocycles. The van der Waals surface area contributed by atoms with Crippen molar-refractivity contribution < 1.29 is 14.0 Å². The molecule has 3 atom stereocenters. The average molecular weight is 363 g/mol. The van der Waals surface area contributed by atoms with Gasteiger partial charge in [0.15, 0.2) is 0 Å². The molecule has 2 rings (SSSR count). The number of hydrogen-bond acceptors (Lipinski definition) is 2. The Bertz CT molecular complexity index is 618. The Kier molecular flexibility index (Phi) is 7.00. The number of amides is 3. The average Bonchev–Trinajstić information content (AvgIpc) is 2.61. The third kappa shape index (κ3) is 5.19. The zero-order valence-electron chi connectivity index (χ0n) is 16.1. The van der Waals surface area contributed by atoms with Gasteiger partial charge in [0.2, 0.25) is 5.91 Å². The molecular formula is C20H30FN3O2. The van der Waals surface area contributed by atoms with Crippen LogP contribution in [-0.4, -0.2) is 35.5 Å². The Balaban J connectivity index is 2.18. The minimum Gasteiger partial charge on any atom is -0.353 e. The number of nitrogens with zero attached hydrogens (tertiary/aromatic N) is 1. The van der Waals surface area contributed by atoms with Crippen LogP contribution in [0.25, 0.3) is 0 Å². The zero-order chi connectivity index (χ0) is 19.3. The van der Waals surface area contributed by atoms with Crippen LogP contribution >= 0.6 is 0 Å². The first-order valence-corrected chi connectivity index (χ1v) is 9.44. The van der Waals surface area contributed by atoms with E-state index in [0.717, 1.165) is 12.0 Å². The van der Waals surface area contributed by atoms with Gasteiger partial charge in [-0.15, -0.1) is 0 Å². The number of hydrogen-bond donors (Lipinski definition) is 2. The number of rotatable bonds is 5. The lowest BCUT2D eigenvalue weighted by Crippen LogP contribution is -2.52. The first-order chi connectivity index (χ1) is 12.3. The maximum Gasteiger partial charge on any atom is 0.318 e. The SMILES string of the molecule is CCC(C)NC(=O)C1CCC(c2ccc(F)cc2)N(C(=O)NC(C)C)C1. The number of piperidine rings is 1. The van der Waals surface area contributed by atoms with Gasteiger partial charge < -0.3 is 15.5 Å². The fourth-order valence-electron chi connectivity index (χ4n) is 3.23. The van der Waals surface area contributed by atoms with Crippen molar-refractivity contribution in [2.24, 2.45) is 5.92 Å². The molecule has 0 spiro atoms. The Morgan fingerprint density at radius 2 is 1.81 bits per heavy atom. The summed E-state index contributed by atoms with van der Waals surface area (Å²) in [5.74, 6) is -0.522. The van der Waals surface area contributed by atoms with E-state index in [9.17, 15) is 14.0 Å². The molecule has 2 N–H and O–H groups in total. The van der Waals surface area contributed by atoms with Crippen molar-refractivity contribution in [3.63, 3.8) is 0 Å². The van der Waals surface area contributed by atoms with Crippen molar-refractivity contribution in [1.29, 1.82) is 0 Å². The van der Waals surface area contributed by atoms with Gasteiger partial charge in [0.05, 0.1) is 12.0 Å². The summed E-state index contributed by atoms with van der Waals surface area (Å²) in [6.07, 6.45) is 2.25. The highest BCUT2D eigenvalue weighted by Crippen LogP contribution is 2.33. The van der Waals surface area contributed by atoms with E-state index in [1.165, 1.54) is 12.1 Å². The van der Waals surface area contributed by atoms with Crippen LogP contribution in [0.3, 0.4) is 0 Å². The quantitative estimate of drug-likeness (QED) is 0.839. The minimum atomic E-state index is -0.298. The molecule has 1 aromatic carbocycles. The smallest absolute Gasteiger partial charge is 0.318 e. The molecule has 1 aliphatic rings. The lowest BCUT2D eigenvalue weighted by Gasteiger charge is -2.40. The Labute approximate surface area is 155 Å². The molecule has 0 bridgehead atoms. The number of carbonyl (C=O) groups is 2. The second kappa shape index (κ2) is 9.01. The molecule has 1 saturated heterocycles. The van der Waals surface area contributed by atoms with E-state index in [0.29, 0.717) is 19.4 Å². The van der Waals surface area contributed by atoms with E-state index >= 15 is 0 Å². The second-order valence-corrected chi connectivity index (χ2v) is 7.42. The minimum absolute atomic E-state index is 0.000692. The summed E-state index contributed by atoms with van der Waals surface area (Å²) in [6.45, 7) is 8.18. The molecule has 1 aliphatic heterocycles. The van der Waals surface area contributed by atoms with Crippen LogP contribution < -0.4 is 10.6 Å². The molecule has 144 valence electrons. The second-order valence-electron chi connectivity index (χ2n) is 7.42. The third-order valence-electron chi connectivity index (χ3n) is 4.88. The van der Waals surface area contributed by atoms with Crippen molar-refractivity contribution in [2.75, 3.05) is 6.54 Å². The molecular weight excluding hydrogens is 333 g/mol. The first-order valence-electron chi connectivity index (χ1n) is 9.44. The van der Waals surface area contributed by atoms with E-state index in [-0.39, 0.29) is 41.8 Å². The lowest BCUT2D eigenvalue weighted by molar-refractivity contribution is -0.127. The highest BCUT2D eigenvalue weighted by Gasteiger charge is 2.36. The Morgan fingerprint density at radius 1 is 1.15 bits per heavy atom. The molecule has 3 amide bonds. The summed E-state index contributed by atoms with van der Waals surface area (Å²) < 4.78 is 13.3. The molecule has 0 saturated carbocycles. The van der Waals surface area contributed by atoms with Crippen LogP contribution in [0, 0.1) is 11.7 Å². The topological polar surface area (TPSA) is 61.4 Å². The summed E-state index contributed by atoms with van der Waals surface area (Å²) in [5, 5.41) is 5.93. The van der Waals surface area contributed by atoms with Gasteiger partial charge in [-0.3, -0.25) is 4.79 Å². The summed E-state index contributed by atoms with van der Waals surface area (Å²) in [4.78, 5) is 27.0. The molecule has 0 aliphatic carbocycles. The predicted octanol–water partition coefficient (Wildman–Crippen LogP) is 3.61. The molecule has 26 heavy (non-hydrogen) atoms. The van der Waals surface area contributed by atoms with E-state index in [1.807, 2.05) is 27.7 Å². The van der Waals surface area contributed by atoms with Gasteiger partial charge in [-0.05, 0) is 57.7 Å². The van der Waals surface area contributed by atoms with Crippen molar-refractivity contribution in [3.8, 4) is 0 Å². The molecule has 1 heterocycles. The summed E-state index contributed by atoms with van der Waals surface area (Å²) in [5.41, 5.74) is 0.895. The van der Waals surface area contributed by atoms with Crippen molar-refractivity contribution in [2.45, 2.75) is 65.1 Å². The van der Waals surface area contributed by atoms with Crippen molar-refractivity contribution in [3.05, 3.63) is 35.6 Å². The Hall–Kier alpha value is -2.11. The number of nitrogens with one attached hydrogen (secondary N) is 2. The van der Waals surface area contributed by atoms with Crippen LogP contribution in [0.15, 0.2) is 24.3 Å². The van der Waals surface area contributed by atoms with Gasteiger partial charge >= 0.3 is 6.03 Å². The molecule has 1 fully saturated rings. The van der Waals surface area contributed by atoms with E-state index in [4.69, 9.17) is 0 Å². The van der Waals surface area contributed by atoms with Gasteiger partial charge in [0.1, 0.15) is 5.82 Å². The normalized spacial score (nSPS) is 21.4. The monoisotopic (exact) mass is 363 g/mol. The molecule has 6 heteroatoms. The molecule has 3 unspecified atom stereocenters. The van der Waals surface area contributed by atoms with E-state index in [1.54, 1.807) is 17.0 Å². The van der Waals surface area contributed by atoms with E-state index < -0.39 is 0 Å². The van der Waals surface area contributed by atoms with Gasteiger partial charge in [-0.25, -0.2) is 9.18 Å². The van der Waals surface area contributed by atoms with Crippen LogP contribution in [0.2, 0.25) is 0 Å². The van der Waals surface area contributed by atoms with Crippen LogP contribution in [0.1, 0.15) is 58.6 Å². The number of benzene rings is 1. The van der Waals surface area contributed by atoms with Gasteiger partial charge in [-0.2, -0.15) is 0 Å². The number of carbonyl (C=O) groups excluding carboxylic acids is 2. The number of likely N-dealkylation sites (tertiary alicyclic amines) is 1. The maximum atomic E-state index is 13.3. The van der Waals surface area contributed by atoms with Crippen LogP contribution in [0.5, 0.6) is 0 Å². The fraction of sp³-hybridized carbons (Fsp3) is 0.600. The fourth-order valence-corrected chi connectivity index (χ4v) is 3.23. The molecule has 0 radical (unpaired) electrons. The third-order valence-corrected chi connectivity index (χ3v) is 4.88. The Morgan fingerprint density at radius 3 is 2.38 bits per heavy atom. The predicted molar refractivity (Wildman–Crippen MR) is 100 cm³/mol.